The Balaban J connectivity index is 0.000000555. The van der Waals surface area contributed by atoms with E-state index in [1.807, 2.05) is 0 Å². The van der Waals surface area contributed by atoms with Gasteiger partial charge in [-0.3, -0.25) is 4.79 Å². The van der Waals surface area contributed by atoms with E-state index in [1.54, 1.807) is 14.1 Å². The van der Waals surface area contributed by atoms with Crippen molar-refractivity contribution in [3.8, 4) is 0 Å². The Hall–Kier alpha value is -1.58. The maximum absolute atomic E-state index is 12.1. The minimum Gasteiger partial charge on any atom is -0.386 e. The molecule has 3 N–H and O–H groups in total. The Morgan fingerprint density at radius 2 is 2.11 bits per heavy atom. The van der Waals surface area contributed by atoms with Gasteiger partial charge < -0.3 is 10.0 Å². The maximum Gasteiger partial charge on any atom is 0.255 e. The summed E-state index contributed by atoms with van der Waals surface area (Å²) in [5, 5.41) is 13.5. The van der Waals surface area contributed by atoms with Crippen LogP contribution in [0.4, 0.5) is 4.39 Å². The molecule has 1 heterocycles. The highest BCUT2D eigenvalue weighted by atomic mass is 32.2. The number of primary sulfonamides is 1. The Labute approximate surface area is 110 Å². The molecule has 1 rings (SSSR count). The summed E-state index contributed by atoms with van der Waals surface area (Å²) in [4.78, 5) is 14.4. The number of carbonyl (C=O) groups is 1. The zero-order chi connectivity index (χ0) is 15.1. The van der Waals surface area contributed by atoms with Crippen molar-refractivity contribution in [3.05, 3.63) is 23.9 Å². The van der Waals surface area contributed by atoms with E-state index in [9.17, 15) is 17.6 Å². The smallest absolute Gasteiger partial charge is 0.255 e. The summed E-state index contributed by atoms with van der Waals surface area (Å²) in [5.74, 6) is 0. The van der Waals surface area contributed by atoms with E-state index in [0.717, 1.165) is 6.41 Å². The van der Waals surface area contributed by atoms with E-state index < -0.39 is 27.8 Å². The lowest BCUT2D eigenvalue weighted by atomic mass is 10.2. The lowest BCUT2D eigenvalue weighted by molar-refractivity contribution is -0.115. The Morgan fingerprint density at radius 3 is 2.47 bits per heavy atom. The normalized spacial score (nSPS) is 12.1. The number of aliphatic hydroxyl groups excluding tert-OH is 1. The lowest BCUT2D eigenvalue weighted by Crippen LogP contribution is -2.18. The van der Waals surface area contributed by atoms with Crippen LogP contribution in [0.15, 0.2) is 23.4 Å². The molecule has 0 spiro atoms. The molecule has 0 radical (unpaired) electrons. The summed E-state index contributed by atoms with van der Waals surface area (Å²) in [6, 6.07) is 2.65. The molecule has 0 bridgehead atoms. The van der Waals surface area contributed by atoms with Gasteiger partial charge in [-0.25, -0.2) is 22.9 Å². The fourth-order valence-corrected chi connectivity index (χ4v) is 1.72. The van der Waals surface area contributed by atoms with Crippen LogP contribution < -0.4 is 5.14 Å². The second-order valence-electron chi connectivity index (χ2n) is 3.68. The first kappa shape index (κ1) is 17.4. The third-order valence-electron chi connectivity index (χ3n) is 1.79. The minimum atomic E-state index is -4.03. The molecule has 0 aromatic carbocycles. The number of aromatic nitrogens is 1. The third kappa shape index (κ3) is 6.22. The predicted molar refractivity (Wildman–Crippen MR) is 66.3 cm³/mol. The molecule has 19 heavy (non-hydrogen) atoms. The molecule has 0 saturated carbocycles. The number of nitrogens with two attached hydrogens (primary N) is 1. The first-order valence-corrected chi connectivity index (χ1v) is 6.62. The summed E-state index contributed by atoms with van der Waals surface area (Å²) in [5.41, 5.74) is -0.127. The maximum atomic E-state index is 12.1. The van der Waals surface area contributed by atoms with Crippen molar-refractivity contribution >= 4 is 16.4 Å². The van der Waals surface area contributed by atoms with E-state index in [2.05, 4.69) is 4.98 Å². The molecule has 0 saturated heterocycles. The van der Waals surface area contributed by atoms with Crippen LogP contribution in [0.5, 0.6) is 0 Å². The van der Waals surface area contributed by atoms with Gasteiger partial charge in [0.05, 0.1) is 0 Å². The van der Waals surface area contributed by atoms with Gasteiger partial charge in [0, 0.05) is 25.9 Å². The van der Waals surface area contributed by atoms with Gasteiger partial charge in [-0.15, -0.1) is 0 Å². The summed E-state index contributed by atoms with van der Waals surface area (Å²) in [7, 11) is -0.651. The van der Waals surface area contributed by atoms with Crippen LogP contribution in [0.25, 0.3) is 0 Å². The van der Waals surface area contributed by atoms with Crippen LogP contribution in [0.2, 0.25) is 0 Å². The second-order valence-corrected chi connectivity index (χ2v) is 5.16. The van der Waals surface area contributed by atoms with Crippen LogP contribution >= 0.6 is 0 Å². The molecule has 1 aromatic rings. The van der Waals surface area contributed by atoms with Gasteiger partial charge in [-0.2, -0.15) is 0 Å². The molecule has 108 valence electrons. The average molecular weight is 293 g/mol. The molecule has 1 aromatic heterocycles. The van der Waals surface area contributed by atoms with Crippen LogP contribution in [0.3, 0.4) is 0 Å². The molecular formula is C10H16FN3O4S. The number of carbonyl (C=O) groups excluding carboxylic acids is 1. The van der Waals surface area contributed by atoms with Crippen LogP contribution in [0, 0.1) is 0 Å². The monoisotopic (exact) mass is 293 g/mol. The molecule has 1 amide bonds. The first-order valence-electron chi connectivity index (χ1n) is 5.07. The van der Waals surface area contributed by atoms with Crippen molar-refractivity contribution < 1.29 is 22.7 Å². The number of sulfonamides is 1. The summed E-state index contributed by atoms with van der Waals surface area (Å²) in [6.07, 6.45) is 0.436. The van der Waals surface area contributed by atoms with Crippen molar-refractivity contribution in [2.24, 2.45) is 5.14 Å². The van der Waals surface area contributed by atoms with E-state index in [-0.39, 0.29) is 5.56 Å². The van der Waals surface area contributed by atoms with Crippen molar-refractivity contribution in [2.75, 3.05) is 20.8 Å². The van der Waals surface area contributed by atoms with Gasteiger partial charge in [-0.1, -0.05) is 6.07 Å². The van der Waals surface area contributed by atoms with Gasteiger partial charge >= 0.3 is 0 Å². The van der Waals surface area contributed by atoms with Gasteiger partial charge in [-0.05, 0) is 6.07 Å². The molecule has 9 heteroatoms. The standard InChI is InChI=1S/C7H9FN2O3S.C3H7NO/c8-4-6(11)5-2-1-3-10-7(5)14(9,12)13;1-4(2)3-5/h1-3,6,11H,4H2,(H2,9,12,13);3H,1-2H3. The summed E-state index contributed by atoms with van der Waals surface area (Å²) >= 11 is 0. The fraction of sp³-hybridized carbons (Fsp3) is 0.400. The number of pyridine rings is 1. The number of nitrogens with zero attached hydrogens (tertiary/aromatic N) is 2. The third-order valence-corrected chi connectivity index (χ3v) is 2.67. The Bertz CT molecular complexity index is 507. The summed E-state index contributed by atoms with van der Waals surface area (Å²) < 4.78 is 34.0. The SMILES string of the molecule is CN(C)C=O.NS(=O)(=O)c1ncccc1C(O)CF. The fourth-order valence-electron chi connectivity index (χ4n) is 0.978. The highest BCUT2D eigenvalue weighted by Gasteiger charge is 2.20. The first-order chi connectivity index (χ1) is 8.73. The molecule has 0 aliphatic rings. The number of alkyl halides is 1. The van der Waals surface area contributed by atoms with Gasteiger partial charge in [0.15, 0.2) is 5.03 Å². The number of hydrogen-bond acceptors (Lipinski definition) is 5. The molecule has 7 nitrogen and oxygen atoms in total. The largest absolute Gasteiger partial charge is 0.386 e. The lowest BCUT2D eigenvalue weighted by Gasteiger charge is -2.09. The highest BCUT2D eigenvalue weighted by Crippen LogP contribution is 2.19. The van der Waals surface area contributed by atoms with E-state index in [4.69, 9.17) is 10.2 Å². The molecule has 1 atom stereocenters. The van der Waals surface area contributed by atoms with E-state index in [0.29, 0.717) is 0 Å². The zero-order valence-corrected chi connectivity index (χ0v) is 11.3. The van der Waals surface area contributed by atoms with Crippen LogP contribution in [-0.2, 0) is 14.8 Å². The molecule has 0 aliphatic carbocycles. The average Bonchev–Trinajstić information content (AvgIpc) is 2.37. The molecule has 0 fully saturated rings. The molecule has 0 aliphatic heterocycles. The van der Waals surface area contributed by atoms with Gasteiger partial charge in [0.1, 0.15) is 12.8 Å². The highest BCUT2D eigenvalue weighted by molar-refractivity contribution is 7.89. The zero-order valence-electron chi connectivity index (χ0n) is 10.5. The number of rotatable bonds is 4. The van der Waals surface area contributed by atoms with Gasteiger partial charge in [0.25, 0.3) is 10.0 Å². The van der Waals surface area contributed by atoms with Crippen LogP contribution in [-0.4, -0.2) is 50.6 Å². The van der Waals surface area contributed by atoms with Crippen molar-refractivity contribution in [2.45, 2.75) is 11.1 Å². The van der Waals surface area contributed by atoms with Crippen molar-refractivity contribution in [3.63, 3.8) is 0 Å². The second kappa shape index (κ2) is 7.77. The number of aliphatic hydroxyl groups is 1. The van der Waals surface area contributed by atoms with Crippen molar-refractivity contribution in [1.82, 2.24) is 9.88 Å². The predicted octanol–water partition coefficient (Wildman–Crippen LogP) is -0.564. The quantitative estimate of drug-likeness (QED) is 0.722. The van der Waals surface area contributed by atoms with Crippen LogP contribution in [0.1, 0.15) is 11.7 Å². The Morgan fingerprint density at radius 1 is 1.58 bits per heavy atom. The van der Waals surface area contributed by atoms with Gasteiger partial charge in [0.2, 0.25) is 6.41 Å². The Kier molecular flexibility index (Phi) is 7.12. The number of hydrogen-bond donors (Lipinski definition) is 2. The molecule has 1 unspecified atom stereocenters. The minimum absolute atomic E-state index is 0.127. The topological polar surface area (TPSA) is 114 Å². The van der Waals surface area contributed by atoms with E-state index in [1.165, 1.54) is 23.2 Å². The van der Waals surface area contributed by atoms with E-state index >= 15 is 0 Å². The number of halogens is 1. The summed E-state index contributed by atoms with van der Waals surface area (Å²) in [6.45, 7) is -1.09. The molecular weight excluding hydrogens is 277 g/mol. The number of amides is 1. The van der Waals surface area contributed by atoms with Crippen molar-refractivity contribution in [1.29, 1.82) is 0 Å².